The molecule has 2 heterocycles. The first-order valence-corrected chi connectivity index (χ1v) is 4.66. The molecule has 0 amide bonds. The Morgan fingerprint density at radius 3 is 3.13 bits per heavy atom. The number of benzene rings is 1. The van der Waals surface area contributed by atoms with Crippen molar-refractivity contribution in [1.82, 2.24) is 0 Å². The van der Waals surface area contributed by atoms with Crippen molar-refractivity contribution in [2.75, 3.05) is 6.61 Å². The van der Waals surface area contributed by atoms with Gasteiger partial charge < -0.3 is 9.15 Å². The second kappa shape index (κ2) is 2.98. The molecule has 0 N–H and O–H groups in total. The van der Waals surface area contributed by atoms with Gasteiger partial charge in [-0.3, -0.25) is 4.79 Å². The van der Waals surface area contributed by atoms with Gasteiger partial charge in [0.05, 0.1) is 6.26 Å². The van der Waals surface area contributed by atoms with Gasteiger partial charge in [-0.1, -0.05) is 0 Å². The first kappa shape index (κ1) is 8.29. The van der Waals surface area contributed by atoms with Crippen molar-refractivity contribution >= 4 is 23.3 Å². The molecule has 2 aromatic rings. The number of fused-ring (bicyclic) bond motifs is 2. The second-order valence-corrected chi connectivity index (χ2v) is 3.47. The zero-order chi connectivity index (χ0) is 10.3. The third-order valence-corrected chi connectivity index (χ3v) is 2.47. The minimum atomic E-state index is 0.347. The third-order valence-electron chi connectivity index (χ3n) is 2.47. The molecule has 3 rings (SSSR count). The van der Waals surface area contributed by atoms with E-state index in [1.54, 1.807) is 6.26 Å². The summed E-state index contributed by atoms with van der Waals surface area (Å²) in [6.45, 7) is 0.347. The lowest BCUT2D eigenvalue weighted by atomic mass is 10.1. The fourth-order valence-corrected chi connectivity index (χ4v) is 1.71. The van der Waals surface area contributed by atoms with Crippen molar-refractivity contribution in [3.8, 4) is 5.75 Å². The number of carbonyl (C=O) groups excluding carboxylic acids is 1. The van der Waals surface area contributed by atoms with Crippen LogP contribution in [0.4, 0.5) is 0 Å². The van der Waals surface area contributed by atoms with Crippen LogP contribution in [-0.4, -0.2) is 12.9 Å². The lowest BCUT2D eigenvalue weighted by molar-refractivity contribution is -0.105. The summed E-state index contributed by atoms with van der Waals surface area (Å²) in [6.07, 6.45) is 4.28. The van der Waals surface area contributed by atoms with Crippen LogP contribution >= 0.6 is 0 Å². The maximum Gasteiger partial charge on any atom is 0.149 e. The van der Waals surface area contributed by atoms with E-state index >= 15 is 0 Å². The number of hydrogen-bond acceptors (Lipinski definition) is 3. The van der Waals surface area contributed by atoms with Gasteiger partial charge in [-0.25, -0.2) is 0 Å². The molecule has 3 nitrogen and oxygen atoms in total. The van der Waals surface area contributed by atoms with E-state index < -0.39 is 0 Å². The minimum Gasteiger partial charge on any atom is -0.488 e. The molecule has 1 aliphatic rings. The molecule has 0 fully saturated rings. The van der Waals surface area contributed by atoms with E-state index in [9.17, 15) is 4.79 Å². The fourth-order valence-electron chi connectivity index (χ4n) is 1.71. The van der Waals surface area contributed by atoms with E-state index in [4.69, 9.17) is 9.15 Å². The van der Waals surface area contributed by atoms with Gasteiger partial charge in [0.2, 0.25) is 0 Å². The Hall–Kier alpha value is -2.03. The SMILES string of the molecule is O=CC1=Cc2cc3occc3cc2OC1. The highest BCUT2D eigenvalue weighted by Gasteiger charge is 2.12. The van der Waals surface area contributed by atoms with Gasteiger partial charge in [-0.05, 0) is 24.3 Å². The van der Waals surface area contributed by atoms with E-state index in [0.717, 1.165) is 28.6 Å². The molecule has 0 saturated carbocycles. The van der Waals surface area contributed by atoms with Crippen molar-refractivity contribution < 1.29 is 13.9 Å². The predicted octanol–water partition coefficient (Wildman–Crippen LogP) is 2.41. The normalized spacial score (nSPS) is 14.3. The zero-order valence-corrected chi connectivity index (χ0v) is 7.90. The number of rotatable bonds is 1. The van der Waals surface area contributed by atoms with Crippen LogP contribution in [0.15, 0.2) is 34.5 Å². The highest BCUT2D eigenvalue weighted by Crippen LogP contribution is 2.31. The van der Waals surface area contributed by atoms with Crippen LogP contribution in [0, 0.1) is 0 Å². The Morgan fingerprint density at radius 2 is 2.27 bits per heavy atom. The Balaban J connectivity index is 2.25. The van der Waals surface area contributed by atoms with Gasteiger partial charge in [-0.2, -0.15) is 0 Å². The van der Waals surface area contributed by atoms with Crippen molar-refractivity contribution in [2.45, 2.75) is 0 Å². The Kier molecular flexibility index (Phi) is 1.65. The van der Waals surface area contributed by atoms with Gasteiger partial charge in [0.25, 0.3) is 0 Å². The molecule has 0 radical (unpaired) electrons. The largest absolute Gasteiger partial charge is 0.488 e. The number of hydrogen-bond donors (Lipinski definition) is 0. The molecule has 3 heteroatoms. The van der Waals surface area contributed by atoms with Crippen molar-refractivity contribution in [3.05, 3.63) is 35.6 Å². The lowest BCUT2D eigenvalue weighted by Gasteiger charge is -2.14. The molecule has 1 aliphatic heterocycles. The molecule has 0 atom stereocenters. The predicted molar refractivity (Wildman–Crippen MR) is 55.8 cm³/mol. The first-order valence-electron chi connectivity index (χ1n) is 4.66. The average Bonchev–Trinajstić information content (AvgIpc) is 2.72. The summed E-state index contributed by atoms with van der Waals surface area (Å²) in [6, 6.07) is 5.69. The molecule has 0 aliphatic carbocycles. The van der Waals surface area contributed by atoms with E-state index in [1.807, 2.05) is 24.3 Å². The highest BCUT2D eigenvalue weighted by molar-refractivity contribution is 5.89. The average molecular weight is 200 g/mol. The highest BCUT2D eigenvalue weighted by atomic mass is 16.5. The van der Waals surface area contributed by atoms with Gasteiger partial charge in [0.15, 0.2) is 0 Å². The molecular formula is C12H8O3. The summed E-state index contributed by atoms with van der Waals surface area (Å²) in [4.78, 5) is 10.6. The molecule has 74 valence electrons. The number of carbonyl (C=O) groups is 1. The maximum atomic E-state index is 10.6. The van der Waals surface area contributed by atoms with Crippen molar-refractivity contribution in [2.24, 2.45) is 0 Å². The van der Waals surface area contributed by atoms with E-state index in [2.05, 4.69) is 0 Å². The number of furan rings is 1. The molecule has 1 aromatic heterocycles. The Bertz CT molecular complexity index is 563. The van der Waals surface area contributed by atoms with Crippen LogP contribution in [0.5, 0.6) is 5.75 Å². The molecule has 15 heavy (non-hydrogen) atoms. The maximum absolute atomic E-state index is 10.6. The zero-order valence-electron chi connectivity index (χ0n) is 7.90. The van der Waals surface area contributed by atoms with Gasteiger partial charge >= 0.3 is 0 Å². The summed E-state index contributed by atoms with van der Waals surface area (Å²) < 4.78 is 10.7. The first-order chi connectivity index (χ1) is 7.36. The quantitative estimate of drug-likeness (QED) is 0.663. The third kappa shape index (κ3) is 1.24. The van der Waals surface area contributed by atoms with Crippen LogP contribution in [0.25, 0.3) is 17.0 Å². The van der Waals surface area contributed by atoms with Crippen LogP contribution in [0.3, 0.4) is 0 Å². The Morgan fingerprint density at radius 1 is 1.33 bits per heavy atom. The van der Waals surface area contributed by atoms with E-state index in [0.29, 0.717) is 12.2 Å². The summed E-state index contributed by atoms with van der Waals surface area (Å²) in [5, 5.41) is 1.01. The molecule has 0 unspecified atom stereocenters. The minimum absolute atomic E-state index is 0.347. The second-order valence-electron chi connectivity index (χ2n) is 3.47. The molecular weight excluding hydrogens is 192 g/mol. The van der Waals surface area contributed by atoms with Crippen LogP contribution in [0.1, 0.15) is 5.56 Å². The Labute approximate surface area is 85.9 Å². The smallest absolute Gasteiger partial charge is 0.149 e. The van der Waals surface area contributed by atoms with Crippen molar-refractivity contribution in [3.63, 3.8) is 0 Å². The topological polar surface area (TPSA) is 39.4 Å². The molecule has 1 aromatic carbocycles. The van der Waals surface area contributed by atoms with Crippen molar-refractivity contribution in [1.29, 1.82) is 0 Å². The summed E-state index contributed by atoms with van der Waals surface area (Å²) in [5.74, 6) is 0.800. The molecule has 0 saturated heterocycles. The summed E-state index contributed by atoms with van der Waals surface area (Å²) in [5.41, 5.74) is 2.35. The van der Waals surface area contributed by atoms with Crippen LogP contribution < -0.4 is 4.74 Å². The number of ether oxygens (including phenoxy) is 1. The lowest BCUT2D eigenvalue weighted by Crippen LogP contribution is -2.07. The van der Waals surface area contributed by atoms with E-state index in [1.165, 1.54) is 0 Å². The van der Waals surface area contributed by atoms with E-state index in [-0.39, 0.29) is 0 Å². The van der Waals surface area contributed by atoms with Gasteiger partial charge in [-0.15, -0.1) is 0 Å². The van der Waals surface area contributed by atoms with Gasteiger partial charge in [0.1, 0.15) is 24.2 Å². The summed E-state index contributed by atoms with van der Waals surface area (Å²) in [7, 11) is 0. The summed E-state index contributed by atoms with van der Waals surface area (Å²) >= 11 is 0. The van der Waals surface area contributed by atoms with Crippen LogP contribution in [-0.2, 0) is 4.79 Å². The number of aldehydes is 1. The monoisotopic (exact) mass is 200 g/mol. The molecule has 0 bridgehead atoms. The standard InChI is InChI=1S/C12H8O3/c13-6-8-3-10-5-11-9(1-2-14-11)4-12(10)15-7-8/h1-6H,7H2. The van der Waals surface area contributed by atoms with Crippen LogP contribution in [0.2, 0.25) is 0 Å². The fraction of sp³-hybridized carbons (Fsp3) is 0.0833. The van der Waals surface area contributed by atoms with Gasteiger partial charge in [0, 0.05) is 16.5 Å². The molecule has 0 spiro atoms.